The molecule has 0 aliphatic carbocycles. The molecule has 4 nitrogen and oxygen atoms in total. The quantitative estimate of drug-likeness (QED) is 0.596. The minimum Gasteiger partial charge on any atom is -0.508 e. The summed E-state index contributed by atoms with van der Waals surface area (Å²) in [5.74, 6) is -0.0860. The zero-order chi connectivity index (χ0) is 14.7. The van der Waals surface area contributed by atoms with E-state index in [1.54, 1.807) is 24.3 Å². The third-order valence-electron chi connectivity index (χ3n) is 2.98. The van der Waals surface area contributed by atoms with Crippen LogP contribution in [0.25, 0.3) is 0 Å². The van der Waals surface area contributed by atoms with Gasteiger partial charge >= 0.3 is 0 Å². The molecule has 5 heteroatoms. The number of aryl methyl sites for hydroxylation is 1. The summed E-state index contributed by atoms with van der Waals surface area (Å²) >= 11 is 3.39. The highest BCUT2D eigenvalue weighted by molar-refractivity contribution is 9.10. The van der Waals surface area contributed by atoms with Crippen LogP contribution in [0.4, 0.5) is 5.69 Å². The predicted molar refractivity (Wildman–Crippen MR) is 82.6 cm³/mol. The summed E-state index contributed by atoms with van der Waals surface area (Å²) in [6.45, 7) is 2.18. The van der Waals surface area contributed by atoms with Crippen LogP contribution < -0.4 is 11.1 Å². The number of phenolic OH excluding ortho intramolecular Hbond substituents is 1. The lowest BCUT2D eigenvalue weighted by Gasteiger charge is -2.09. The summed E-state index contributed by atoms with van der Waals surface area (Å²) in [4.78, 5) is 12.0. The van der Waals surface area contributed by atoms with Crippen LogP contribution in [0.5, 0.6) is 5.75 Å². The molecule has 0 bridgehead atoms. The molecular weight excluding hydrogens is 320 g/mol. The number of rotatable bonds is 3. The molecule has 20 heavy (non-hydrogen) atoms. The number of anilines is 1. The van der Waals surface area contributed by atoms with Crippen LogP contribution in [0.15, 0.2) is 40.9 Å². The second kappa shape index (κ2) is 5.96. The predicted octanol–water partition coefficient (Wildman–Crippen LogP) is 2.98. The average Bonchev–Trinajstić information content (AvgIpc) is 2.42. The van der Waals surface area contributed by atoms with Crippen molar-refractivity contribution in [2.75, 3.05) is 5.73 Å². The Morgan fingerprint density at radius 2 is 2.05 bits per heavy atom. The van der Waals surface area contributed by atoms with Gasteiger partial charge in [-0.15, -0.1) is 0 Å². The minimum absolute atomic E-state index is 0.115. The maximum atomic E-state index is 12.0. The molecule has 0 heterocycles. The Bertz CT molecular complexity index is 656. The lowest BCUT2D eigenvalue weighted by atomic mass is 10.1. The van der Waals surface area contributed by atoms with Crippen molar-refractivity contribution in [2.45, 2.75) is 13.5 Å². The molecule has 0 unspecified atom stereocenters. The molecule has 0 spiro atoms. The summed E-state index contributed by atoms with van der Waals surface area (Å²) in [6.07, 6.45) is 0. The van der Waals surface area contributed by atoms with E-state index in [1.165, 1.54) is 6.07 Å². The van der Waals surface area contributed by atoms with Crippen molar-refractivity contribution in [3.8, 4) is 5.75 Å². The van der Waals surface area contributed by atoms with Gasteiger partial charge in [0.1, 0.15) is 5.75 Å². The van der Waals surface area contributed by atoms with Gasteiger partial charge in [-0.05, 0) is 42.8 Å². The number of carbonyl (C=O) groups is 1. The normalized spacial score (nSPS) is 10.3. The van der Waals surface area contributed by atoms with Crippen LogP contribution >= 0.6 is 15.9 Å². The van der Waals surface area contributed by atoms with Crippen molar-refractivity contribution in [2.24, 2.45) is 0 Å². The van der Waals surface area contributed by atoms with Crippen molar-refractivity contribution in [1.82, 2.24) is 5.32 Å². The Morgan fingerprint density at radius 1 is 1.30 bits per heavy atom. The van der Waals surface area contributed by atoms with E-state index in [9.17, 15) is 9.90 Å². The molecule has 4 N–H and O–H groups in total. The Labute approximate surface area is 125 Å². The number of nitrogens with two attached hydrogens (primary N) is 1. The number of aromatic hydroxyl groups is 1. The molecular formula is C15H15BrN2O2. The smallest absolute Gasteiger partial charge is 0.251 e. The first kappa shape index (κ1) is 14.4. The van der Waals surface area contributed by atoms with Gasteiger partial charge in [-0.2, -0.15) is 0 Å². The number of nitrogen functional groups attached to an aromatic ring is 1. The lowest BCUT2D eigenvalue weighted by molar-refractivity contribution is 0.0950. The molecule has 0 aromatic heterocycles. The number of benzene rings is 2. The molecule has 0 aliphatic heterocycles. The highest BCUT2D eigenvalue weighted by Crippen LogP contribution is 2.20. The maximum Gasteiger partial charge on any atom is 0.251 e. The first-order chi connectivity index (χ1) is 9.47. The molecule has 0 radical (unpaired) electrons. The molecule has 2 aromatic rings. The molecule has 0 atom stereocenters. The van der Waals surface area contributed by atoms with Crippen molar-refractivity contribution in [1.29, 1.82) is 0 Å². The fraction of sp³-hybridized carbons (Fsp3) is 0.133. The summed E-state index contributed by atoms with van der Waals surface area (Å²) in [6, 6.07) is 10.2. The monoisotopic (exact) mass is 334 g/mol. The first-order valence-corrected chi connectivity index (χ1v) is 6.88. The van der Waals surface area contributed by atoms with Gasteiger partial charge in [-0.3, -0.25) is 4.79 Å². The number of phenols is 1. The standard InChI is InChI=1S/C15H15BrN2O2/c1-9-2-3-10(7-13(9)16)15(20)18-8-11-6-12(17)4-5-14(11)19/h2-7,19H,8,17H2,1H3,(H,18,20). The average molecular weight is 335 g/mol. The lowest BCUT2D eigenvalue weighted by Crippen LogP contribution is -2.22. The van der Waals surface area contributed by atoms with Crippen molar-refractivity contribution >= 4 is 27.5 Å². The minimum atomic E-state index is -0.201. The van der Waals surface area contributed by atoms with Crippen LogP contribution in [0.3, 0.4) is 0 Å². The fourth-order valence-electron chi connectivity index (χ4n) is 1.76. The first-order valence-electron chi connectivity index (χ1n) is 6.09. The van der Waals surface area contributed by atoms with Gasteiger partial charge < -0.3 is 16.2 Å². The summed E-state index contributed by atoms with van der Waals surface area (Å²) in [5.41, 5.74) is 8.41. The van der Waals surface area contributed by atoms with Crippen LogP contribution in [-0.4, -0.2) is 11.0 Å². The highest BCUT2D eigenvalue weighted by Gasteiger charge is 2.08. The van der Waals surface area contributed by atoms with Gasteiger partial charge in [-0.25, -0.2) is 0 Å². The van der Waals surface area contributed by atoms with Crippen LogP contribution in [0.1, 0.15) is 21.5 Å². The molecule has 1 amide bonds. The number of hydrogen-bond acceptors (Lipinski definition) is 3. The van der Waals surface area contributed by atoms with Gasteiger partial charge in [0.15, 0.2) is 0 Å². The van der Waals surface area contributed by atoms with E-state index in [1.807, 2.05) is 13.0 Å². The van der Waals surface area contributed by atoms with E-state index >= 15 is 0 Å². The number of hydrogen-bond donors (Lipinski definition) is 3. The van der Waals surface area contributed by atoms with Crippen molar-refractivity contribution in [3.63, 3.8) is 0 Å². The topological polar surface area (TPSA) is 75.4 Å². The van der Waals surface area contributed by atoms with E-state index in [2.05, 4.69) is 21.2 Å². The second-order valence-corrected chi connectivity index (χ2v) is 5.39. The van der Waals surface area contributed by atoms with E-state index in [4.69, 9.17) is 5.73 Å². The summed E-state index contributed by atoms with van der Waals surface area (Å²) < 4.78 is 0.886. The number of nitrogens with one attached hydrogen (secondary N) is 1. The van der Waals surface area contributed by atoms with Gasteiger partial charge in [-0.1, -0.05) is 22.0 Å². The molecule has 0 fully saturated rings. The van der Waals surface area contributed by atoms with Gasteiger partial charge in [0.2, 0.25) is 0 Å². The molecule has 0 saturated heterocycles. The highest BCUT2D eigenvalue weighted by atomic mass is 79.9. The Kier molecular flexibility index (Phi) is 4.29. The largest absolute Gasteiger partial charge is 0.508 e. The fourth-order valence-corrected chi connectivity index (χ4v) is 2.14. The van der Waals surface area contributed by atoms with E-state index in [0.29, 0.717) is 16.8 Å². The Balaban J connectivity index is 2.08. The number of amides is 1. The van der Waals surface area contributed by atoms with Gasteiger partial charge in [0, 0.05) is 27.8 Å². The van der Waals surface area contributed by atoms with E-state index in [-0.39, 0.29) is 18.2 Å². The zero-order valence-electron chi connectivity index (χ0n) is 11.0. The Hall–Kier alpha value is -2.01. The molecule has 2 aromatic carbocycles. The molecule has 0 saturated carbocycles. The zero-order valence-corrected chi connectivity index (χ0v) is 12.6. The Morgan fingerprint density at radius 3 is 2.75 bits per heavy atom. The van der Waals surface area contributed by atoms with Crippen LogP contribution in [0.2, 0.25) is 0 Å². The summed E-state index contributed by atoms with van der Waals surface area (Å²) in [7, 11) is 0. The van der Waals surface area contributed by atoms with Crippen molar-refractivity contribution < 1.29 is 9.90 Å². The van der Waals surface area contributed by atoms with Crippen molar-refractivity contribution in [3.05, 3.63) is 57.6 Å². The maximum absolute atomic E-state index is 12.0. The SMILES string of the molecule is Cc1ccc(C(=O)NCc2cc(N)ccc2O)cc1Br. The molecule has 0 aliphatic rings. The number of halogens is 1. The summed E-state index contributed by atoms with van der Waals surface area (Å²) in [5, 5.41) is 12.4. The molecule has 104 valence electrons. The third kappa shape index (κ3) is 3.30. The van der Waals surface area contributed by atoms with Crippen LogP contribution in [0, 0.1) is 6.92 Å². The molecule has 2 rings (SSSR count). The van der Waals surface area contributed by atoms with Gasteiger partial charge in [0.05, 0.1) is 0 Å². The van der Waals surface area contributed by atoms with E-state index < -0.39 is 0 Å². The second-order valence-electron chi connectivity index (χ2n) is 4.53. The van der Waals surface area contributed by atoms with E-state index in [0.717, 1.165) is 10.0 Å². The van der Waals surface area contributed by atoms with Gasteiger partial charge in [0.25, 0.3) is 5.91 Å². The number of carbonyl (C=O) groups excluding carboxylic acids is 1. The van der Waals surface area contributed by atoms with Crippen LogP contribution in [-0.2, 0) is 6.54 Å². The third-order valence-corrected chi connectivity index (χ3v) is 3.83.